The van der Waals surface area contributed by atoms with Crippen molar-refractivity contribution in [2.75, 3.05) is 6.61 Å². The minimum Gasteiger partial charge on any atom is -0.396 e. The van der Waals surface area contributed by atoms with Crippen LogP contribution in [-0.2, 0) is 6.42 Å². The topological polar surface area (TPSA) is 50.4 Å². The van der Waals surface area contributed by atoms with Crippen LogP contribution >= 0.6 is 0 Å². The number of aliphatic hydroxyl groups excluding tert-OH is 1. The zero-order valence-electron chi connectivity index (χ0n) is 7.22. The normalized spacial score (nSPS) is 10.8. The molecule has 0 aromatic carbocycles. The van der Waals surface area contributed by atoms with Gasteiger partial charge in [-0.25, -0.2) is 0 Å². The van der Waals surface area contributed by atoms with Gasteiger partial charge in [0.1, 0.15) is 5.82 Å². The third-order valence-corrected chi connectivity index (χ3v) is 1.94. The van der Waals surface area contributed by atoms with Crippen molar-refractivity contribution in [1.82, 2.24) is 14.6 Å². The predicted molar refractivity (Wildman–Crippen MR) is 48.4 cm³/mol. The van der Waals surface area contributed by atoms with Crippen LogP contribution in [0.5, 0.6) is 0 Å². The maximum atomic E-state index is 8.68. The Kier molecular flexibility index (Phi) is 2.23. The molecule has 0 fully saturated rings. The molecule has 0 saturated heterocycles. The molecular formula is C9H11N3O. The summed E-state index contributed by atoms with van der Waals surface area (Å²) < 4.78 is 1.94. The fourth-order valence-electron chi connectivity index (χ4n) is 1.30. The van der Waals surface area contributed by atoms with Crippen molar-refractivity contribution in [1.29, 1.82) is 0 Å². The van der Waals surface area contributed by atoms with Crippen molar-refractivity contribution in [3.8, 4) is 0 Å². The van der Waals surface area contributed by atoms with Crippen molar-refractivity contribution >= 4 is 5.65 Å². The quantitative estimate of drug-likeness (QED) is 0.749. The van der Waals surface area contributed by atoms with E-state index in [-0.39, 0.29) is 6.61 Å². The largest absolute Gasteiger partial charge is 0.396 e. The number of fused-ring (bicyclic) bond motifs is 1. The second kappa shape index (κ2) is 3.53. The third-order valence-electron chi connectivity index (χ3n) is 1.94. The van der Waals surface area contributed by atoms with E-state index in [4.69, 9.17) is 5.11 Å². The Morgan fingerprint density at radius 1 is 1.31 bits per heavy atom. The Morgan fingerprint density at radius 2 is 2.23 bits per heavy atom. The van der Waals surface area contributed by atoms with Crippen LogP contribution in [0.3, 0.4) is 0 Å². The molecule has 0 radical (unpaired) electrons. The lowest BCUT2D eigenvalue weighted by atomic mass is 10.3. The van der Waals surface area contributed by atoms with Crippen LogP contribution < -0.4 is 0 Å². The van der Waals surface area contributed by atoms with Gasteiger partial charge in [-0.1, -0.05) is 6.07 Å². The molecule has 1 N–H and O–H groups in total. The molecule has 0 saturated carbocycles. The summed E-state index contributed by atoms with van der Waals surface area (Å²) in [4.78, 5) is 0. The van der Waals surface area contributed by atoms with Crippen LogP contribution in [0.1, 0.15) is 12.2 Å². The minimum absolute atomic E-state index is 0.196. The Hall–Kier alpha value is -1.42. The maximum Gasteiger partial charge on any atom is 0.160 e. The van der Waals surface area contributed by atoms with Crippen LogP contribution in [0.15, 0.2) is 24.4 Å². The molecule has 0 unspecified atom stereocenters. The van der Waals surface area contributed by atoms with Crippen LogP contribution in [0.25, 0.3) is 5.65 Å². The molecule has 4 heteroatoms. The summed E-state index contributed by atoms with van der Waals surface area (Å²) in [7, 11) is 0. The fraction of sp³-hybridized carbons (Fsp3) is 0.333. The van der Waals surface area contributed by atoms with E-state index < -0.39 is 0 Å². The van der Waals surface area contributed by atoms with Gasteiger partial charge in [0.2, 0.25) is 0 Å². The Bertz CT molecular complexity index is 396. The van der Waals surface area contributed by atoms with Crippen LogP contribution in [-0.4, -0.2) is 26.3 Å². The van der Waals surface area contributed by atoms with Gasteiger partial charge in [-0.3, -0.25) is 4.40 Å². The molecule has 0 atom stereocenters. The van der Waals surface area contributed by atoms with E-state index in [1.165, 1.54) is 0 Å². The van der Waals surface area contributed by atoms with E-state index in [0.717, 1.165) is 24.3 Å². The smallest absolute Gasteiger partial charge is 0.160 e. The van der Waals surface area contributed by atoms with Gasteiger partial charge in [-0.05, 0) is 18.6 Å². The molecule has 2 aromatic rings. The van der Waals surface area contributed by atoms with Crippen molar-refractivity contribution < 1.29 is 5.11 Å². The monoisotopic (exact) mass is 177 g/mol. The summed E-state index contributed by atoms with van der Waals surface area (Å²) in [5, 5.41) is 16.7. The van der Waals surface area contributed by atoms with Crippen molar-refractivity contribution in [2.24, 2.45) is 0 Å². The highest BCUT2D eigenvalue weighted by atomic mass is 16.2. The Balaban J connectivity index is 2.35. The van der Waals surface area contributed by atoms with E-state index >= 15 is 0 Å². The van der Waals surface area contributed by atoms with E-state index in [0.29, 0.717) is 0 Å². The zero-order chi connectivity index (χ0) is 9.10. The van der Waals surface area contributed by atoms with Gasteiger partial charge in [0.05, 0.1) is 0 Å². The van der Waals surface area contributed by atoms with Crippen molar-refractivity contribution in [3.63, 3.8) is 0 Å². The van der Waals surface area contributed by atoms with E-state index in [2.05, 4.69) is 10.2 Å². The number of pyridine rings is 1. The summed E-state index contributed by atoms with van der Waals surface area (Å²) in [6, 6.07) is 5.79. The van der Waals surface area contributed by atoms with Gasteiger partial charge in [0.25, 0.3) is 0 Å². The average Bonchev–Trinajstić information content (AvgIpc) is 2.58. The first-order valence-corrected chi connectivity index (χ1v) is 4.31. The molecule has 2 aromatic heterocycles. The third kappa shape index (κ3) is 1.53. The molecule has 0 bridgehead atoms. The molecule has 2 heterocycles. The number of aliphatic hydroxyl groups is 1. The lowest BCUT2D eigenvalue weighted by Crippen LogP contribution is -1.96. The number of rotatable bonds is 3. The molecule has 13 heavy (non-hydrogen) atoms. The minimum atomic E-state index is 0.196. The average molecular weight is 177 g/mol. The lowest BCUT2D eigenvalue weighted by Gasteiger charge is -1.96. The van der Waals surface area contributed by atoms with Gasteiger partial charge in [0.15, 0.2) is 5.65 Å². The van der Waals surface area contributed by atoms with E-state index in [1.54, 1.807) is 0 Å². The first-order chi connectivity index (χ1) is 6.42. The Morgan fingerprint density at radius 3 is 3.08 bits per heavy atom. The van der Waals surface area contributed by atoms with Gasteiger partial charge in [-0.2, -0.15) is 0 Å². The molecular weight excluding hydrogens is 166 g/mol. The van der Waals surface area contributed by atoms with Gasteiger partial charge < -0.3 is 5.11 Å². The SMILES string of the molecule is OCCCc1nnc2ccccn12. The van der Waals surface area contributed by atoms with E-state index in [1.807, 2.05) is 28.8 Å². The number of nitrogens with zero attached hydrogens (tertiary/aromatic N) is 3. The van der Waals surface area contributed by atoms with Crippen molar-refractivity contribution in [3.05, 3.63) is 30.2 Å². The summed E-state index contributed by atoms with van der Waals surface area (Å²) in [6.07, 6.45) is 3.43. The highest BCUT2D eigenvalue weighted by Gasteiger charge is 2.02. The standard InChI is InChI=1S/C9H11N3O/c13-7-3-5-9-11-10-8-4-1-2-6-12(8)9/h1-2,4,6,13H,3,5,7H2. The summed E-state index contributed by atoms with van der Waals surface area (Å²) in [6.45, 7) is 0.196. The molecule has 4 nitrogen and oxygen atoms in total. The maximum absolute atomic E-state index is 8.68. The highest BCUT2D eigenvalue weighted by Crippen LogP contribution is 2.04. The summed E-state index contributed by atoms with van der Waals surface area (Å²) in [5.74, 6) is 0.907. The van der Waals surface area contributed by atoms with Gasteiger partial charge >= 0.3 is 0 Å². The first kappa shape index (κ1) is 8.19. The number of hydrogen-bond acceptors (Lipinski definition) is 3. The molecule has 0 aliphatic carbocycles. The highest BCUT2D eigenvalue weighted by molar-refractivity contribution is 5.36. The van der Waals surface area contributed by atoms with Crippen LogP contribution in [0, 0.1) is 0 Å². The first-order valence-electron chi connectivity index (χ1n) is 4.31. The molecule has 68 valence electrons. The summed E-state index contributed by atoms with van der Waals surface area (Å²) >= 11 is 0. The second-order valence-electron chi connectivity index (χ2n) is 2.87. The number of aromatic nitrogens is 3. The van der Waals surface area contributed by atoms with Crippen molar-refractivity contribution in [2.45, 2.75) is 12.8 Å². The second-order valence-corrected chi connectivity index (χ2v) is 2.87. The van der Waals surface area contributed by atoms with Crippen LogP contribution in [0.2, 0.25) is 0 Å². The van der Waals surface area contributed by atoms with E-state index in [9.17, 15) is 0 Å². The molecule has 0 spiro atoms. The fourth-order valence-corrected chi connectivity index (χ4v) is 1.30. The summed E-state index contributed by atoms with van der Waals surface area (Å²) in [5.41, 5.74) is 0.857. The predicted octanol–water partition coefficient (Wildman–Crippen LogP) is 0.654. The van der Waals surface area contributed by atoms with Crippen LogP contribution in [0.4, 0.5) is 0 Å². The number of hydrogen-bond donors (Lipinski definition) is 1. The lowest BCUT2D eigenvalue weighted by molar-refractivity contribution is 0.287. The molecule has 0 amide bonds. The molecule has 0 aliphatic heterocycles. The molecule has 2 rings (SSSR count). The van der Waals surface area contributed by atoms with Gasteiger partial charge in [0, 0.05) is 19.2 Å². The number of aryl methyl sites for hydroxylation is 1. The molecule has 0 aliphatic rings. The Labute approximate surface area is 75.8 Å². The van der Waals surface area contributed by atoms with Gasteiger partial charge in [-0.15, -0.1) is 10.2 Å². The zero-order valence-corrected chi connectivity index (χ0v) is 7.22.